The Morgan fingerprint density at radius 1 is 1.19 bits per heavy atom. The Morgan fingerprint density at radius 3 is 2.00 bits per heavy atom. The van der Waals surface area contributed by atoms with E-state index < -0.39 is 11.5 Å². The summed E-state index contributed by atoms with van der Waals surface area (Å²) in [5, 5.41) is 27.8. The molecule has 0 fully saturated rings. The molecule has 0 aliphatic carbocycles. The van der Waals surface area contributed by atoms with E-state index in [9.17, 15) is 10.2 Å². The minimum absolute atomic E-state index is 0. The molecule has 92 valence electrons. The van der Waals surface area contributed by atoms with Gasteiger partial charge in [-0.1, -0.05) is 13.8 Å². The molecule has 5 N–H and O–H groups in total. The van der Waals surface area contributed by atoms with Crippen LogP contribution in [-0.2, 0) is 0 Å². The molecule has 1 aromatic carbocycles. The van der Waals surface area contributed by atoms with Gasteiger partial charge in [0.2, 0.25) is 0 Å². The monoisotopic (exact) mass is 247 g/mol. The maximum atomic E-state index is 9.30. The van der Waals surface area contributed by atoms with Gasteiger partial charge in [-0.05, 0) is 17.7 Å². The van der Waals surface area contributed by atoms with Crippen LogP contribution in [0.4, 0.5) is 0 Å². The molecule has 0 amide bonds. The van der Waals surface area contributed by atoms with Crippen LogP contribution in [-0.4, -0.2) is 21.9 Å². The molecule has 4 nitrogen and oxygen atoms in total. The SMILES string of the molecule is CC(C)(CO)[C@H](N)c1cc(O)cc(O)c1.Cl. The van der Waals surface area contributed by atoms with Crippen LogP contribution in [0.3, 0.4) is 0 Å². The Morgan fingerprint density at radius 2 is 1.62 bits per heavy atom. The van der Waals surface area contributed by atoms with Gasteiger partial charge in [0.25, 0.3) is 0 Å². The number of halogens is 1. The summed E-state index contributed by atoms with van der Waals surface area (Å²) >= 11 is 0. The Balaban J connectivity index is 0.00000225. The average molecular weight is 248 g/mol. The Labute approximate surface area is 101 Å². The van der Waals surface area contributed by atoms with Crippen LogP contribution in [0.5, 0.6) is 11.5 Å². The van der Waals surface area contributed by atoms with Crippen molar-refractivity contribution in [3.63, 3.8) is 0 Å². The number of hydrogen-bond donors (Lipinski definition) is 4. The number of phenolic OH excluding ortho intramolecular Hbond substituents is 2. The van der Waals surface area contributed by atoms with Gasteiger partial charge in [-0.2, -0.15) is 0 Å². The van der Waals surface area contributed by atoms with Crippen molar-refractivity contribution >= 4 is 12.4 Å². The number of aliphatic hydroxyl groups is 1. The molecule has 16 heavy (non-hydrogen) atoms. The molecule has 0 spiro atoms. The quantitative estimate of drug-likeness (QED) is 0.653. The summed E-state index contributed by atoms with van der Waals surface area (Å²) in [7, 11) is 0. The van der Waals surface area contributed by atoms with Crippen molar-refractivity contribution in [3.8, 4) is 11.5 Å². The lowest BCUT2D eigenvalue weighted by molar-refractivity contribution is 0.132. The smallest absolute Gasteiger partial charge is 0.119 e. The fraction of sp³-hybridized carbons (Fsp3) is 0.455. The normalized spacial score (nSPS) is 13.0. The summed E-state index contributed by atoms with van der Waals surface area (Å²) in [6.45, 7) is 3.57. The van der Waals surface area contributed by atoms with Crippen LogP contribution >= 0.6 is 12.4 Å². The maximum absolute atomic E-state index is 9.30. The van der Waals surface area contributed by atoms with Gasteiger partial charge in [0, 0.05) is 24.1 Å². The van der Waals surface area contributed by atoms with Crippen molar-refractivity contribution in [2.75, 3.05) is 6.61 Å². The molecule has 0 aliphatic heterocycles. The zero-order valence-corrected chi connectivity index (χ0v) is 10.2. The second-order valence-electron chi connectivity index (χ2n) is 4.41. The van der Waals surface area contributed by atoms with Crippen LogP contribution in [0.1, 0.15) is 25.5 Å². The van der Waals surface area contributed by atoms with Crippen molar-refractivity contribution in [2.24, 2.45) is 11.1 Å². The predicted octanol–water partition coefficient (Wildman–Crippen LogP) is 1.54. The van der Waals surface area contributed by atoms with E-state index in [0.717, 1.165) is 0 Å². The molecule has 0 bridgehead atoms. The van der Waals surface area contributed by atoms with Gasteiger partial charge < -0.3 is 21.1 Å². The summed E-state index contributed by atoms with van der Waals surface area (Å²) in [4.78, 5) is 0. The van der Waals surface area contributed by atoms with Crippen molar-refractivity contribution < 1.29 is 15.3 Å². The van der Waals surface area contributed by atoms with Gasteiger partial charge in [0.05, 0.1) is 0 Å². The summed E-state index contributed by atoms with van der Waals surface area (Å²) in [5.41, 5.74) is 6.04. The van der Waals surface area contributed by atoms with Gasteiger partial charge in [-0.15, -0.1) is 12.4 Å². The molecule has 0 unspecified atom stereocenters. The summed E-state index contributed by atoms with van der Waals surface area (Å²) in [6.07, 6.45) is 0. The third kappa shape index (κ3) is 3.27. The number of rotatable bonds is 3. The molecule has 0 aromatic heterocycles. The van der Waals surface area contributed by atoms with Gasteiger partial charge in [-0.3, -0.25) is 0 Å². The zero-order chi connectivity index (χ0) is 11.6. The first-order valence-electron chi connectivity index (χ1n) is 4.76. The lowest BCUT2D eigenvalue weighted by atomic mass is 9.82. The Bertz CT molecular complexity index is 335. The first kappa shape index (κ1) is 15.0. The molecule has 1 aromatic rings. The van der Waals surface area contributed by atoms with Crippen LogP contribution in [0.2, 0.25) is 0 Å². The van der Waals surface area contributed by atoms with E-state index in [2.05, 4.69) is 0 Å². The van der Waals surface area contributed by atoms with E-state index in [1.807, 2.05) is 13.8 Å². The Hall–Kier alpha value is -0.970. The highest BCUT2D eigenvalue weighted by atomic mass is 35.5. The third-order valence-corrected chi connectivity index (χ3v) is 2.53. The molecule has 0 aliphatic rings. The highest BCUT2D eigenvalue weighted by Crippen LogP contribution is 2.33. The molecule has 1 atom stereocenters. The van der Waals surface area contributed by atoms with E-state index in [1.54, 1.807) is 0 Å². The molecule has 5 heteroatoms. The highest BCUT2D eigenvalue weighted by molar-refractivity contribution is 5.85. The largest absolute Gasteiger partial charge is 0.508 e. The van der Waals surface area contributed by atoms with Gasteiger partial charge >= 0.3 is 0 Å². The van der Waals surface area contributed by atoms with Crippen LogP contribution in [0, 0.1) is 5.41 Å². The average Bonchev–Trinajstić information content (AvgIpc) is 2.15. The Kier molecular flexibility index (Phi) is 5.06. The topological polar surface area (TPSA) is 86.7 Å². The lowest BCUT2D eigenvalue weighted by Crippen LogP contribution is -2.32. The minimum Gasteiger partial charge on any atom is -0.508 e. The van der Waals surface area contributed by atoms with E-state index in [4.69, 9.17) is 10.8 Å². The number of aromatic hydroxyl groups is 2. The fourth-order valence-corrected chi connectivity index (χ4v) is 1.35. The second-order valence-corrected chi connectivity index (χ2v) is 4.41. The van der Waals surface area contributed by atoms with Crippen LogP contribution in [0.25, 0.3) is 0 Å². The molecule has 0 saturated heterocycles. The molecular weight excluding hydrogens is 230 g/mol. The van der Waals surface area contributed by atoms with Crippen molar-refractivity contribution in [1.82, 2.24) is 0 Å². The molecular formula is C11H18ClNO3. The van der Waals surface area contributed by atoms with Gasteiger partial charge in [0.1, 0.15) is 11.5 Å². The number of aliphatic hydroxyl groups excluding tert-OH is 1. The van der Waals surface area contributed by atoms with Crippen LogP contribution < -0.4 is 5.73 Å². The number of hydrogen-bond acceptors (Lipinski definition) is 4. The minimum atomic E-state index is -0.500. The third-order valence-electron chi connectivity index (χ3n) is 2.53. The van der Waals surface area contributed by atoms with E-state index in [1.165, 1.54) is 18.2 Å². The highest BCUT2D eigenvalue weighted by Gasteiger charge is 2.27. The van der Waals surface area contributed by atoms with Crippen molar-refractivity contribution in [3.05, 3.63) is 23.8 Å². The van der Waals surface area contributed by atoms with Crippen LogP contribution in [0.15, 0.2) is 18.2 Å². The first-order valence-corrected chi connectivity index (χ1v) is 4.76. The maximum Gasteiger partial charge on any atom is 0.119 e. The van der Waals surface area contributed by atoms with Gasteiger partial charge in [-0.25, -0.2) is 0 Å². The second kappa shape index (κ2) is 5.39. The molecule has 0 radical (unpaired) electrons. The van der Waals surface area contributed by atoms with E-state index >= 15 is 0 Å². The van der Waals surface area contributed by atoms with Crippen molar-refractivity contribution in [1.29, 1.82) is 0 Å². The summed E-state index contributed by atoms with van der Waals surface area (Å²) in [5.74, 6) is -0.0663. The lowest BCUT2D eigenvalue weighted by Gasteiger charge is -2.29. The number of nitrogens with two attached hydrogens (primary N) is 1. The fourth-order valence-electron chi connectivity index (χ4n) is 1.35. The summed E-state index contributed by atoms with van der Waals surface area (Å²) < 4.78 is 0. The predicted molar refractivity (Wildman–Crippen MR) is 64.8 cm³/mol. The standard InChI is InChI=1S/C11H17NO3.ClH/c1-11(2,6-13)10(12)7-3-8(14)5-9(15)4-7;/h3-5,10,13-15H,6,12H2,1-2H3;1H/t10-;/m1./s1. The van der Waals surface area contributed by atoms with Gasteiger partial charge in [0.15, 0.2) is 0 Å². The zero-order valence-electron chi connectivity index (χ0n) is 9.34. The summed E-state index contributed by atoms with van der Waals surface area (Å²) in [6, 6.07) is 3.77. The van der Waals surface area contributed by atoms with E-state index in [0.29, 0.717) is 5.56 Å². The van der Waals surface area contributed by atoms with E-state index in [-0.39, 0.29) is 30.5 Å². The first-order chi connectivity index (χ1) is 6.86. The molecule has 0 heterocycles. The number of phenols is 2. The molecule has 1 rings (SSSR count). The van der Waals surface area contributed by atoms with Crippen molar-refractivity contribution in [2.45, 2.75) is 19.9 Å². The number of benzene rings is 1. The molecule has 0 saturated carbocycles.